The van der Waals surface area contributed by atoms with Crippen LogP contribution in [0.3, 0.4) is 0 Å². The normalized spacial score (nSPS) is 14.2. The Balaban J connectivity index is 2.19. The Hall–Kier alpha value is -1.68. The Morgan fingerprint density at radius 3 is 2.59 bits per heavy atom. The fraction of sp³-hybridized carbons (Fsp3) is 0.385. The van der Waals surface area contributed by atoms with Crippen LogP contribution in [0.25, 0.3) is 10.9 Å². The number of hydrogen-bond donors (Lipinski definition) is 1. The molecular formula is C13H16N2O2. The number of aromatic nitrogens is 1. The molecule has 0 saturated heterocycles. The highest BCUT2D eigenvalue weighted by molar-refractivity contribution is 5.85. The van der Waals surface area contributed by atoms with Gasteiger partial charge in [0.25, 0.3) is 0 Å². The van der Waals surface area contributed by atoms with E-state index in [1.807, 2.05) is 12.1 Å². The molecule has 0 amide bonds. The van der Waals surface area contributed by atoms with Crippen molar-refractivity contribution in [2.24, 2.45) is 5.73 Å². The van der Waals surface area contributed by atoms with Crippen LogP contribution in [0.5, 0.6) is 11.5 Å². The van der Waals surface area contributed by atoms with Crippen LogP contribution < -0.4 is 15.2 Å². The van der Waals surface area contributed by atoms with E-state index < -0.39 is 0 Å². The van der Waals surface area contributed by atoms with E-state index in [1.165, 1.54) is 11.1 Å². The number of nitrogens with two attached hydrogens (primary N) is 1. The zero-order valence-electron chi connectivity index (χ0n) is 9.90. The molecule has 17 heavy (non-hydrogen) atoms. The molecule has 2 heterocycles. The average Bonchev–Trinajstić information content (AvgIpc) is 2.63. The first-order chi connectivity index (χ1) is 8.29. The summed E-state index contributed by atoms with van der Waals surface area (Å²) in [4.78, 5) is 0. The molecule has 0 radical (unpaired) electrons. The molecule has 4 nitrogen and oxygen atoms in total. The predicted molar refractivity (Wildman–Crippen MR) is 66.7 cm³/mol. The van der Waals surface area contributed by atoms with Crippen molar-refractivity contribution >= 4 is 10.9 Å². The summed E-state index contributed by atoms with van der Waals surface area (Å²) >= 11 is 0. The maximum absolute atomic E-state index is 5.64. The van der Waals surface area contributed by atoms with Gasteiger partial charge < -0.3 is 19.8 Å². The third-order valence-electron chi connectivity index (χ3n) is 3.13. The van der Waals surface area contributed by atoms with Crippen molar-refractivity contribution < 1.29 is 9.47 Å². The van der Waals surface area contributed by atoms with E-state index in [4.69, 9.17) is 15.2 Å². The van der Waals surface area contributed by atoms with E-state index in [2.05, 4.69) is 17.6 Å². The number of ether oxygens (including phenoxy) is 2. The maximum Gasteiger partial charge on any atom is 0.163 e. The van der Waals surface area contributed by atoms with E-state index in [0.717, 1.165) is 23.6 Å². The number of nitrogens with zero attached hydrogens (tertiary/aromatic N) is 1. The Morgan fingerprint density at radius 2 is 1.88 bits per heavy atom. The SMILES string of the molecule is Cc1cc2cc3c(cc2n1CCN)OCCO3. The summed E-state index contributed by atoms with van der Waals surface area (Å²) < 4.78 is 13.4. The molecule has 0 bridgehead atoms. The van der Waals surface area contributed by atoms with Crippen LogP contribution in [0.2, 0.25) is 0 Å². The van der Waals surface area contributed by atoms with Gasteiger partial charge in [-0.2, -0.15) is 0 Å². The van der Waals surface area contributed by atoms with Crippen LogP contribution >= 0.6 is 0 Å². The van der Waals surface area contributed by atoms with Gasteiger partial charge in [-0.15, -0.1) is 0 Å². The van der Waals surface area contributed by atoms with Gasteiger partial charge in [0, 0.05) is 30.2 Å². The third-order valence-corrected chi connectivity index (χ3v) is 3.13. The molecule has 0 unspecified atom stereocenters. The Labute approximate surface area is 99.9 Å². The number of aryl methyl sites for hydroxylation is 1. The van der Waals surface area contributed by atoms with Gasteiger partial charge in [-0.25, -0.2) is 0 Å². The molecular weight excluding hydrogens is 216 g/mol. The molecule has 1 aromatic carbocycles. The second kappa shape index (κ2) is 3.96. The van der Waals surface area contributed by atoms with Gasteiger partial charge in [-0.3, -0.25) is 0 Å². The average molecular weight is 232 g/mol. The first-order valence-corrected chi connectivity index (χ1v) is 5.89. The molecule has 1 aromatic heterocycles. The lowest BCUT2D eigenvalue weighted by Crippen LogP contribution is -2.15. The molecule has 4 heteroatoms. The molecule has 90 valence electrons. The third kappa shape index (κ3) is 1.65. The number of benzene rings is 1. The number of hydrogen-bond acceptors (Lipinski definition) is 3. The van der Waals surface area contributed by atoms with Crippen LogP contribution in [-0.4, -0.2) is 24.3 Å². The number of fused-ring (bicyclic) bond motifs is 2. The molecule has 1 aliphatic rings. The van der Waals surface area contributed by atoms with Crippen LogP contribution in [-0.2, 0) is 6.54 Å². The lowest BCUT2D eigenvalue weighted by Gasteiger charge is -2.18. The van der Waals surface area contributed by atoms with Gasteiger partial charge in [0.05, 0.1) is 5.52 Å². The molecule has 2 N–H and O–H groups in total. The van der Waals surface area contributed by atoms with Crippen LogP contribution in [0.4, 0.5) is 0 Å². The Kier molecular flexibility index (Phi) is 2.44. The largest absolute Gasteiger partial charge is 0.486 e. The molecule has 0 aliphatic carbocycles. The summed E-state index contributed by atoms with van der Waals surface area (Å²) in [5.41, 5.74) is 8.02. The minimum absolute atomic E-state index is 0.620. The zero-order chi connectivity index (χ0) is 11.8. The summed E-state index contributed by atoms with van der Waals surface area (Å²) in [7, 11) is 0. The standard InChI is InChI=1S/C13H16N2O2/c1-9-6-10-7-12-13(17-5-4-16-12)8-11(10)15(9)3-2-14/h6-8H,2-5,14H2,1H3. The molecule has 0 atom stereocenters. The molecule has 0 spiro atoms. The van der Waals surface area contributed by atoms with E-state index in [9.17, 15) is 0 Å². The van der Waals surface area contributed by atoms with E-state index in [1.54, 1.807) is 0 Å². The topological polar surface area (TPSA) is 49.4 Å². The van der Waals surface area contributed by atoms with Gasteiger partial charge in [0.2, 0.25) is 0 Å². The van der Waals surface area contributed by atoms with Gasteiger partial charge in [-0.05, 0) is 19.1 Å². The minimum Gasteiger partial charge on any atom is -0.486 e. The second-order valence-electron chi connectivity index (χ2n) is 4.28. The summed E-state index contributed by atoms with van der Waals surface area (Å²) in [6.07, 6.45) is 0. The van der Waals surface area contributed by atoms with Crippen molar-refractivity contribution in [1.82, 2.24) is 4.57 Å². The van der Waals surface area contributed by atoms with Crippen LogP contribution in [0.1, 0.15) is 5.69 Å². The lowest BCUT2D eigenvalue weighted by molar-refractivity contribution is 0.172. The highest BCUT2D eigenvalue weighted by Gasteiger charge is 2.15. The zero-order valence-corrected chi connectivity index (χ0v) is 9.90. The highest BCUT2D eigenvalue weighted by atomic mass is 16.6. The van der Waals surface area contributed by atoms with Crippen LogP contribution in [0.15, 0.2) is 18.2 Å². The van der Waals surface area contributed by atoms with Gasteiger partial charge in [-0.1, -0.05) is 0 Å². The van der Waals surface area contributed by atoms with Gasteiger partial charge >= 0.3 is 0 Å². The predicted octanol–water partition coefficient (Wildman–Crippen LogP) is 1.68. The van der Waals surface area contributed by atoms with E-state index in [0.29, 0.717) is 19.8 Å². The van der Waals surface area contributed by atoms with E-state index in [-0.39, 0.29) is 0 Å². The summed E-state index contributed by atoms with van der Waals surface area (Å²) in [5.74, 6) is 1.67. The Bertz CT molecular complexity index is 560. The van der Waals surface area contributed by atoms with Crippen LogP contribution in [0, 0.1) is 6.92 Å². The smallest absolute Gasteiger partial charge is 0.163 e. The summed E-state index contributed by atoms with van der Waals surface area (Å²) in [6, 6.07) is 6.25. The molecule has 2 aromatic rings. The minimum atomic E-state index is 0.620. The highest BCUT2D eigenvalue weighted by Crippen LogP contribution is 2.35. The van der Waals surface area contributed by atoms with Gasteiger partial charge in [0.15, 0.2) is 11.5 Å². The van der Waals surface area contributed by atoms with Crippen molar-refractivity contribution in [3.8, 4) is 11.5 Å². The van der Waals surface area contributed by atoms with Crippen molar-refractivity contribution in [1.29, 1.82) is 0 Å². The quantitative estimate of drug-likeness (QED) is 0.857. The molecule has 0 fully saturated rings. The number of rotatable bonds is 2. The maximum atomic E-state index is 5.64. The fourth-order valence-electron chi connectivity index (χ4n) is 2.36. The first kappa shape index (κ1) is 10.5. The van der Waals surface area contributed by atoms with Crippen molar-refractivity contribution in [2.75, 3.05) is 19.8 Å². The van der Waals surface area contributed by atoms with Crippen molar-refractivity contribution in [3.63, 3.8) is 0 Å². The second-order valence-corrected chi connectivity index (χ2v) is 4.28. The lowest BCUT2D eigenvalue weighted by atomic mass is 10.2. The summed E-state index contributed by atoms with van der Waals surface area (Å²) in [6.45, 7) is 4.81. The van der Waals surface area contributed by atoms with Crippen molar-refractivity contribution in [3.05, 3.63) is 23.9 Å². The molecule has 1 aliphatic heterocycles. The van der Waals surface area contributed by atoms with E-state index >= 15 is 0 Å². The van der Waals surface area contributed by atoms with Gasteiger partial charge in [0.1, 0.15) is 13.2 Å². The molecule has 3 rings (SSSR count). The summed E-state index contributed by atoms with van der Waals surface area (Å²) in [5, 5.41) is 1.18. The first-order valence-electron chi connectivity index (χ1n) is 5.89. The Morgan fingerprint density at radius 1 is 1.18 bits per heavy atom. The fourth-order valence-corrected chi connectivity index (χ4v) is 2.36. The molecule has 0 saturated carbocycles. The monoisotopic (exact) mass is 232 g/mol. The van der Waals surface area contributed by atoms with Crippen molar-refractivity contribution in [2.45, 2.75) is 13.5 Å².